The fourth-order valence-electron chi connectivity index (χ4n) is 5.88. The zero-order valence-electron chi connectivity index (χ0n) is 22.4. The van der Waals surface area contributed by atoms with Gasteiger partial charge in [-0.1, -0.05) is 12.1 Å². The zero-order valence-corrected chi connectivity index (χ0v) is 22.4. The normalized spacial score (nSPS) is 19.3. The molecule has 2 aliphatic heterocycles. The number of aromatic nitrogens is 1. The van der Waals surface area contributed by atoms with Crippen LogP contribution in [0.15, 0.2) is 41.3 Å². The topological polar surface area (TPSA) is 110 Å². The highest BCUT2D eigenvalue weighted by atomic mass is 19.1. The number of nitrogens with zero attached hydrogens (tertiary/aromatic N) is 4. The van der Waals surface area contributed by atoms with Gasteiger partial charge in [-0.05, 0) is 49.9 Å². The molecule has 2 aromatic carbocycles. The second-order valence-electron chi connectivity index (χ2n) is 10.9. The number of rotatable bonds is 9. The molecule has 12 heteroatoms. The lowest BCUT2D eigenvalue weighted by atomic mass is 9.78. The lowest BCUT2D eigenvalue weighted by molar-refractivity contribution is -0.490. The van der Waals surface area contributed by atoms with E-state index in [0.29, 0.717) is 59.2 Å². The molecule has 10 nitrogen and oxygen atoms in total. The molecule has 0 radical (unpaired) electrons. The maximum absolute atomic E-state index is 15.2. The molecule has 1 N–H and O–H groups in total. The molecule has 1 aliphatic carbocycles. The van der Waals surface area contributed by atoms with E-state index in [2.05, 4.69) is 14.4 Å². The monoisotopic (exact) mass is 550 g/mol. The molecular weight excluding hydrogens is 518 g/mol. The summed E-state index contributed by atoms with van der Waals surface area (Å²) in [5, 5.41) is 21.7. The summed E-state index contributed by atoms with van der Waals surface area (Å²) in [5.41, 5.74) is 2.93. The predicted molar refractivity (Wildman–Crippen MR) is 150 cm³/mol. The van der Waals surface area contributed by atoms with E-state index in [0.717, 1.165) is 44.4 Å². The average molecular weight is 550 g/mol. The molecule has 1 atom stereocenters. The van der Waals surface area contributed by atoms with E-state index < -0.39 is 24.7 Å². The Morgan fingerprint density at radius 3 is 2.73 bits per heavy atom. The molecule has 0 bridgehead atoms. The molecule has 3 aromatic rings. The van der Waals surface area contributed by atoms with Crippen LogP contribution in [0.2, 0.25) is 0 Å². The van der Waals surface area contributed by atoms with Gasteiger partial charge in [-0.15, -0.1) is 0 Å². The van der Waals surface area contributed by atoms with E-state index in [1.54, 1.807) is 25.1 Å². The van der Waals surface area contributed by atoms with Gasteiger partial charge in [0.15, 0.2) is 5.43 Å². The van der Waals surface area contributed by atoms with Crippen molar-refractivity contribution in [3.63, 3.8) is 0 Å². The van der Waals surface area contributed by atoms with Crippen LogP contribution in [-0.2, 0) is 4.65 Å². The first-order valence-corrected chi connectivity index (χ1v) is 13.8. The first kappa shape index (κ1) is 26.7. The van der Waals surface area contributed by atoms with Gasteiger partial charge in [-0.2, -0.15) is 0 Å². The van der Waals surface area contributed by atoms with Crippen molar-refractivity contribution >= 4 is 29.2 Å². The molecular formula is C28H32BFN4O6. The van der Waals surface area contributed by atoms with Gasteiger partial charge in [-0.25, -0.2) is 4.39 Å². The lowest BCUT2D eigenvalue weighted by Gasteiger charge is -2.36. The number of anilines is 1. The van der Waals surface area contributed by atoms with E-state index in [4.69, 9.17) is 9.39 Å². The standard InChI is InChI=1S/C28H32BFN4O6/c1-18-16-33(19-6-7-19)23-15-24(22(30)14-21(23)28(18)35)32-11-9-31(10-12-32)8-3-13-39-25-5-2-4-20-26(17-34(37)38)40-29(36)27(20)25/h2,4-5,14-16,19,26,36H,3,6-13,17H2,1H3. The molecule has 1 aromatic heterocycles. The molecule has 3 aliphatic rings. The molecule has 3 heterocycles. The van der Waals surface area contributed by atoms with Crippen molar-refractivity contribution in [1.82, 2.24) is 9.47 Å². The fraction of sp³-hybridized carbons (Fsp3) is 0.464. The van der Waals surface area contributed by atoms with E-state index in [9.17, 15) is 19.9 Å². The van der Waals surface area contributed by atoms with Crippen LogP contribution in [0.25, 0.3) is 10.9 Å². The number of fused-ring (bicyclic) bond motifs is 2. The number of hydrogen-bond acceptors (Lipinski definition) is 8. The summed E-state index contributed by atoms with van der Waals surface area (Å²) in [6.45, 7) is 5.49. The number of benzene rings is 2. The number of piperazine rings is 1. The summed E-state index contributed by atoms with van der Waals surface area (Å²) < 4.78 is 28.7. The van der Waals surface area contributed by atoms with Crippen LogP contribution < -0.4 is 20.5 Å². The number of nitro groups is 1. The summed E-state index contributed by atoms with van der Waals surface area (Å²) in [6, 6.07) is 8.84. The van der Waals surface area contributed by atoms with Crippen LogP contribution in [-0.4, -0.2) is 72.4 Å². The van der Waals surface area contributed by atoms with Crippen molar-refractivity contribution in [2.45, 2.75) is 38.3 Å². The first-order chi connectivity index (χ1) is 19.3. The summed E-state index contributed by atoms with van der Waals surface area (Å²) in [7, 11) is -1.25. The second-order valence-corrected chi connectivity index (χ2v) is 10.9. The number of halogens is 1. The third-order valence-electron chi connectivity index (χ3n) is 8.11. The Hall–Kier alpha value is -3.48. The van der Waals surface area contributed by atoms with Crippen LogP contribution in [0.3, 0.4) is 0 Å². The molecule has 0 amide bonds. The van der Waals surface area contributed by atoms with Gasteiger partial charge >= 0.3 is 7.12 Å². The SMILES string of the molecule is Cc1cn(C2CC2)c2cc(N3CCN(CCCOc4cccc5c4B(O)OC5C[N+](=O)[O-])CC3)c(F)cc2c1=O. The molecule has 40 heavy (non-hydrogen) atoms. The molecule has 1 saturated carbocycles. The minimum Gasteiger partial charge on any atom is -0.494 e. The molecule has 0 spiro atoms. The van der Waals surface area contributed by atoms with E-state index in [1.807, 2.05) is 12.3 Å². The van der Waals surface area contributed by atoms with Crippen LogP contribution in [0.5, 0.6) is 5.75 Å². The summed E-state index contributed by atoms with van der Waals surface area (Å²) in [5.74, 6) is 0.119. The highest BCUT2D eigenvalue weighted by Gasteiger charge is 2.40. The van der Waals surface area contributed by atoms with E-state index in [1.165, 1.54) is 6.07 Å². The van der Waals surface area contributed by atoms with Crippen molar-refractivity contribution in [2.24, 2.45) is 0 Å². The Morgan fingerprint density at radius 1 is 1.23 bits per heavy atom. The maximum atomic E-state index is 15.2. The Bertz CT molecular complexity index is 1500. The molecule has 210 valence electrons. The van der Waals surface area contributed by atoms with Gasteiger partial charge in [0.05, 0.1) is 17.8 Å². The van der Waals surface area contributed by atoms with Crippen LogP contribution >= 0.6 is 0 Å². The largest absolute Gasteiger partial charge is 0.496 e. The van der Waals surface area contributed by atoms with Crippen LogP contribution in [0.1, 0.15) is 42.5 Å². The van der Waals surface area contributed by atoms with Crippen molar-refractivity contribution in [3.05, 3.63) is 73.8 Å². The lowest BCUT2D eigenvalue weighted by Crippen LogP contribution is -2.47. The Morgan fingerprint density at radius 2 is 2.00 bits per heavy atom. The van der Waals surface area contributed by atoms with Crippen molar-refractivity contribution < 1.29 is 23.7 Å². The Balaban J connectivity index is 1.05. The average Bonchev–Trinajstić information content (AvgIpc) is 3.73. The Kier molecular flexibility index (Phi) is 7.24. The Labute approximate surface area is 231 Å². The van der Waals surface area contributed by atoms with E-state index >= 15 is 4.39 Å². The number of ether oxygens (including phenoxy) is 1. The summed E-state index contributed by atoms with van der Waals surface area (Å²) in [6.07, 6.45) is 4.02. The van der Waals surface area contributed by atoms with Gasteiger partial charge in [0.25, 0.3) is 0 Å². The van der Waals surface area contributed by atoms with Crippen LogP contribution in [0.4, 0.5) is 10.1 Å². The van der Waals surface area contributed by atoms with Gasteiger partial charge < -0.3 is 23.9 Å². The van der Waals surface area contributed by atoms with Crippen molar-refractivity contribution in [1.29, 1.82) is 0 Å². The molecule has 1 saturated heterocycles. The predicted octanol–water partition coefficient (Wildman–Crippen LogP) is 2.41. The third kappa shape index (κ3) is 5.18. The zero-order chi connectivity index (χ0) is 28.0. The van der Waals surface area contributed by atoms with Gasteiger partial charge in [-0.3, -0.25) is 19.8 Å². The number of pyridine rings is 1. The van der Waals surface area contributed by atoms with Gasteiger partial charge in [0.1, 0.15) is 17.7 Å². The minimum absolute atomic E-state index is 0.108. The maximum Gasteiger partial charge on any atom is 0.496 e. The molecule has 6 rings (SSSR count). The summed E-state index contributed by atoms with van der Waals surface area (Å²) in [4.78, 5) is 27.5. The highest BCUT2D eigenvalue weighted by molar-refractivity contribution is 6.62. The van der Waals surface area contributed by atoms with E-state index in [-0.39, 0.29) is 11.2 Å². The quantitative estimate of drug-likeness (QED) is 0.187. The highest BCUT2D eigenvalue weighted by Crippen LogP contribution is 2.38. The van der Waals surface area contributed by atoms with Crippen molar-refractivity contribution in [3.8, 4) is 5.75 Å². The van der Waals surface area contributed by atoms with Gasteiger partial charge in [0, 0.05) is 66.3 Å². The number of hydrogen-bond donors (Lipinski definition) is 1. The second kappa shape index (κ2) is 10.8. The minimum atomic E-state index is -1.25. The molecule has 2 fully saturated rings. The van der Waals surface area contributed by atoms with Crippen molar-refractivity contribution in [2.75, 3.05) is 50.8 Å². The summed E-state index contributed by atoms with van der Waals surface area (Å²) >= 11 is 0. The van der Waals surface area contributed by atoms with Crippen LogP contribution in [0, 0.1) is 22.9 Å². The first-order valence-electron chi connectivity index (χ1n) is 13.8. The van der Waals surface area contributed by atoms with Gasteiger partial charge in [0.2, 0.25) is 6.54 Å². The fourth-order valence-corrected chi connectivity index (χ4v) is 5.88. The number of aryl methyl sites for hydroxylation is 1. The third-order valence-corrected chi connectivity index (χ3v) is 8.11. The smallest absolute Gasteiger partial charge is 0.494 e. The molecule has 1 unspecified atom stereocenters.